The van der Waals surface area contributed by atoms with E-state index in [4.69, 9.17) is 30.6 Å². The van der Waals surface area contributed by atoms with Crippen LogP contribution in [-0.4, -0.2) is 73.9 Å². The van der Waals surface area contributed by atoms with Crippen LogP contribution in [0.1, 0.15) is 96.8 Å². The Morgan fingerprint density at radius 1 is 0.750 bits per heavy atom. The zero-order valence-corrected chi connectivity index (χ0v) is 19.7. The van der Waals surface area contributed by atoms with E-state index in [9.17, 15) is 9.59 Å². The maximum atomic E-state index is 10.5. The molecule has 32 heavy (non-hydrogen) atoms. The molecule has 0 unspecified atom stereocenters. The number of allylic oxidation sites excluding steroid dienone is 2. The molecule has 0 aliphatic carbocycles. The molecule has 0 aromatic rings. The molecule has 0 rings (SSSR count). The molecule has 0 saturated heterocycles. The first-order chi connectivity index (χ1) is 15.3. The molecule has 0 aliphatic heterocycles. The number of hydrogen-bond donors (Lipinski definition) is 6. The molecule has 6 N–H and O–H groups in total. The second kappa shape index (κ2) is 24.3. The van der Waals surface area contributed by atoms with Gasteiger partial charge in [0.2, 0.25) is 0 Å². The molecule has 8 heteroatoms. The Hall–Kier alpha value is -1.32. The van der Waals surface area contributed by atoms with Gasteiger partial charge in [0.1, 0.15) is 24.9 Å². The molecule has 190 valence electrons. The lowest BCUT2D eigenvalue weighted by Crippen LogP contribution is -2.44. The smallest absolute Gasteiger partial charge is 0.303 e. The van der Waals surface area contributed by atoms with Crippen LogP contribution in [0.3, 0.4) is 0 Å². The van der Waals surface area contributed by atoms with E-state index in [1.807, 2.05) is 0 Å². The summed E-state index contributed by atoms with van der Waals surface area (Å²) in [5.74, 6) is -1.67. The third-order valence-corrected chi connectivity index (χ3v) is 5.04. The van der Waals surface area contributed by atoms with Gasteiger partial charge in [-0.15, -0.1) is 0 Å². The van der Waals surface area contributed by atoms with Crippen molar-refractivity contribution in [2.45, 2.75) is 115 Å². The SMILES string of the molecule is CCCCCCCC/C=C\CCCCCCCC(=O)O.O=C(CO)[C@H](O)[C@@H](O)[C@H](O)CO. The van der Waals surface area contributed by atoms with Gasteiger partial charge in [-0.2, -0.15) is 0 Å². The standard InChI is InChI=1S/C18H34O2.C6H12O6/c1-2-3-4-5-6-7-8-9-10-11-12-13-14-15-16-17-18(19)20;7-1-3(9)5(11)6(12)4(10)2-8/h9-10H,2-8,11-17H2,1H3,(H,19,20);3,5-9,11-12H,1-2H2/b10-9-;/t;3-,5+,6+/m.1/s1. The number of carbonyl (C=O) groups excluding carboxylic acids is 1. The van der Waals surface area contributed by atoms with E-state index in [0.29, 0.717) is 6.42 Å². The van der Waals surface area contributed by atoms with Crippen LogP contribution in [0.2, 0.25) is 0 Å². The highest BCUT2D eigenvalue weighted by atomic mass is 16.4. The first-order valence-electron chi connectivity index (χ1n) is 12.0. The van der Waals surface area contributed by atoms with Crippen molar-refractivity contribution in [3.63, 3.8) is 0 Å². The number of carboxylic acids is 1. The van der Waals surface area contributed by atoms with Crippen molar-refractivity contribution >= 4 is 11.8 Å². The van der Waals surface area contributed by atoms with Gasteiger partial charge in [0.05, 0.1) is 6.61 Å². The van der Waals surface area contributed by atoms with E-state index in [1.54, 1.807) is 0 Å². The van der Waals surface area contributed by atoms with E-state index >= 15 is 0 Å². The molecule has 3 atom stereocenters. The Balaban J connectivity index is 0. The van der Waals surface area contributed by atoms with Crippen LogP contribution in [0.15, 0.2) is 12.2 Å². The first-order valence-corrected chi connectivity index (χ1v) is 12.0. The molecule has 0 spiro atoms. The number of aliphatic carboxylic acids is 1. The van der Waals surface area contributed by atoms with Crippen LogP contribution < -0.4 is 0 Å². The molecule has 0 aromatic carbocycles. The normalized spacial score (nSPS) is 13.9. The fourth-order valence-corrected chi connectivity index (χ4v) is 2.95. The molecule has 0 radical (unpaired) electrons. The second-order valence-electron chi connectivity index (χ2n) is 8.04. The minimum absolute atomic E-state index is 0.332. The van der Waals surface area contributed by atoms with Crippen LogP contribution >= 0.6 is 0 Å². The van der Waals surface area contributed by atoms with Gasteiger partial charge >= 0.3 is 5.97 Å². The van der Waals surface area contributed by atoms with Gasteiger partial charge in [0.25, 0.3) is 0 Å². The van der Waals surface area contributed by atoms with Crippen molar-refractivity contribution in [2.75, 3.05) is 13.2 Å². The molecule has 0 heterocycles. The minimum Gasteiger partial charge on any atom is -0.481 e. The predicted octanol–water partition coefficient (Wildman–Crippen LogP) is 2.73. The lowest BCUT2D eigenvalue weighted by atomic mass is 10.1. The molecular formula is C24H46O8. The number of carboxylic acid groups (broad SMARTS) is 1. The molecule has 0 aromatic heterocycles. The molecule has 0 fully saturated rings. The fourth-order valence-electron chi connectivity index (χ4n) is 2.95. The summed E-state index contributed by atoms with van der Waals surface area (Å²) in [4.78, 5) is 20.8. The zero-order chi connectivity index (χ0) is 24.6. The number of aliphatic hydroxyl groups is 5. The first kappa shape index (κ1) is 32.9. The molecule has 0 saturated carbocycles. The molecule has 0 bridgehead atoms. The van der Waals surface area contributed by atoms with Gasteiger partial charge in [-0.1, -0.05) is 70.4 Å². The van der Waals surface area contributed by atoms with Crippen LogP contribution in [0.25, 0.3) is 0 Å². The van der Waals surface area contributed by atoms with Crippen LogP contribution in [0, 0.1) is 0 Å². The number of carbonyl (C=O) groups is 2. The van der Waals surface area contributed by atoms with Crippen LogP contribution in [-0.2, 0) is 9.59 Å². The van der Waals surface area contributed by atoms with Crippen LogP contribution in [0.5, 0.6) is 0 Å². The van der Waals surface area contributed by atoms with Crippen molar-refractivity contribution < 1.29 is 40.2 Å². The number of aliphatic hydroxyl groups excluding tert-OH is 5. The number of hydrogen-bond acceptors (Lipinski definition) is 7. The highest BCUT2D eigenvalue weighted by Crippen LogP contribution is 2.09. The fraction of sp³-hybridized carbons (Fsp3) is 0.833. The van der Waals surface area contributed by atoms with Gasteiger partial charge < -0.3 is 30.6 Å². The van der Waals surface area contributed by atoms with E-state index in [2.05, 4.69) is 19.1 Å². The Kier molecular flexibility index (Phi) is 25.0. The summed E-state index contributed by atoms with van der Waals surface area (Å²) >= 11 is 0. The van der Waals surface area contributed by atoms with E-state index < -0.39 is 43.3 Å². The topological polar surface area (TPSA) is 156 Å². The third-order valence-electron chi connectivity index (χ3n) is 5.04. The second-order valence-corrected chi connectivity index (χ2v) is 8.04. The zero-order valence-electron chi connectivity index (χ0n) is 19.7. The van der Waals surface area contributed by atoms with Gasteiger partial charge in [-0.3, -0.25) is 9.59 Å². The van der Waals surface area contributed by atoms with Crippen LogP contribution in [0.4, 0.5) is 0 Å². The molecule has 8 nitrogen and oxygen atoms in total. The van der Waals surface area contributed by atoms with Gasteiger partial charge in [-0.05, 0) is 32.1 Å². The Morgan fingerprint density at radius 3 is 1.66 bits per heavy atom. The number of rotatable bonds is 20. The lowest BCUT2D eigenvalue weighted by molar-refractivity contribution is -0.142. The summed E-state index contributed by atoms with van der Waals surface area (Å²) < 4.78 is 0. The van der Waals surface area contributed by atoms with Gasteiger partial charge in [-0.25, -0.2) is 0 Å². The Morgan fingerprint density at radius 2 is 1.22 bits per heavy atom. The van der Waals surface area contributed by atoms with Crippen molar-refractivity contribution in [1.82, 2.24) is 0 Å². The van der Waals surface area contributed by atoms with E-state index in [0.717, 1.165) is 12.8 Å². The summed E-state index contributed by atoms with van der Waals surface area (Å²) in [7, 11) is 0. The molecular weight excluding hydrogens is 416 g/mol. The largest absolute Gasteiger partial charge is 0.481 e. The number of Topliss-reactive ketones (excluding diaryl/α,β-unsaturated/α-hetero) is 1. The maximum Gasteiger partial charge on any atom is 0.303 e. The van der Waals surface area contributed by atoms with Gasteiger partial charge in [0, 0.05) is 6.42 Å². The monoisotopic (exact) mass is 462 g/mol. The number of ketones is 1. The molecule has 0 amide bonds. The predicted molar refractivity (Wildman–Crippen MR) is 124 cm³/mol. The van der Waals surface area contributed by atoms with Crippen molar-refractivity contribution in [2.24, 2.45) is 0 Å². The Bertz CT molecular complexity index is 467. The average Bonchev–Trinajstić information content (AvgIpc) is 2.79. The highest BCUT2D eigenvalue weighted by Gasteiger charge is 2.28. The van der Waals surface area contributed by atoms with Crippen molar-refractivity contribution in [1.29, 1.82) is 0 Å². The molecule has 0 aliphatic rings. The number of unbranched alkanes of at least 4 members (excludes halogenated alkanes) is 11. The van der Waals surface area contributed by atoms with E-state index in [1.165, 1.54) is 70.6 Å². The quantitative estimate of drug-likeness (QED) is 0.119. The van der Waals surface area contributed by atoms with E-state index in [-0.39, 0.29) is 0 Å². The lowest BCUT2D eigenvalue weighted by Gasteiger charge is -2.19. The van der Waals surface area contributed by atoms with Crippen molar-refractivity contribution in [3.05, 3.63) is 12.2 Å². The third kappa shape index (κ3) is 21.9. The summed E-state index contributed by atoms with van der Waals surface area (Å²) in [5.41, 5.74) is 0. The Labute approximate surface area is 193 Å². The minimum atomic E-state index is -1.86. The summed E-state index contributed by atoms with van der Waals surface area (Å²) in [6.07, 6.45) is 16.0. The maximum absolute atomic E-state index is 10.5. The summed E-state index contributed by atoms with van der Waals surface area (Å²) in [6, 6.07) is 0. The summed E-state index contributed by atoms with van der Waals surface area (Å²) in [5, 5.41) is 51.6. The van der Waals surface area contributed by atoms with Crippen molar-refractivity contribution in [3.8, 4) is 0 Å². The van der Waals surface area contributed by atoms with Gasteiger partial charge in [0.15, 0.2) is 5.78 Å². The average molecular weight is 463 g/mol. The highest BCUT2D eigenvalue weighted by molar-refractivity contribution is 5.84. The summed E-state index contributed by atoms with van der Waals surface area (Å²) in [6.45, 7) is 0.572.